The summed E-state index contributed by atoms with van der Waals surface area (Å²) in [6, 6.07) is 5.23. The Labute approximate surface area is 153 Å². The summed E-state index contributed by atoms with van der Waals surface area (Å²) in [6.07, 6.45) is 7.94. The van der Waals surface area contributed by atoms with Gasteiger partial charge in [0.2, 0.25) is 5.95 Å². The molecule has 1 aromatic carbocycles. The van der Waals surface area contributed by atoms with Crippen LogP contribution in [-0.2, 0) is 0 Å². The van der Waals surface area contributed by atoms with Crippen LogP contribution in [0.25, 0.3) is 0 Å². The maximum Gasteiger partial charge on any atom is 0.258 e. The van der Waals surface area contributed by atoms with Gasteiger partial charge in [0.1, 0.15) is 11.5 Å². The van der Waals surface area contributed by atoms with Crippen molar-refractivity contribution in [2.75, 3.05) is 37.5 Å². The van der Waals surface area contributed by atoms with Crippen LogP contribution in [0.15, 0.2) is 30.6 Å². The lowest BCUT2D eigenvalue weighted by Gasteiger charge is -2.19. The summed E-state index contributed by atoms with van der Waals surface area (Å²) < 4.78 is 10.5. The third kappa shape index (κ3) is 4.22. The number of amides is 1. The molecule has 7 nitrogen and oxygen atoms in total. The fourth-order valence-electron chi connectivity index (χ4n) is 2.98. The first-order valence-corrected chi connectivity index (χ1v) is 8.81. The second-order valence-electron chi connectivity index (χ2n) is 6.19. The molecule has 1 aromatic heterocycles. The quantitative estimate of drug-likeness (QED) is 0.887. The lowest BCUT2D eigenvalue weighted by Crippen LogP contribution is -2.26. The van der Waals surface area contributed by atoms with E-state index in [9.17, 15) is 4.79 Å². The van der Waals surface area contributed by atoms with E-state index in [0.29, 0.717) is 28.7 Å². The standard InChI is InChI=1S/C19H24N4O3/c1-25-15-7-8-17(26-2)16(11-15)22-18(24)14-12-20-19(21-13-14)23-9-5-3-4-6-10-23/h7-8,11-13H,3-6,9-10H2,1-2H3,(H,22,24). The van der Waals surface area contributed by atoms with Crippen molar-refractivity contribution < 1.29 is 14.3 Å². The lowest BCUT2D eigenvalue weighted by molar-refractivity contribution is 0.102. The van der Waals surface area contributed by atoms with Crippen LogP contribution in [0.5, 0.6) is 11.5 Å². The van der Waals surface area contributed by atoms with Gasteiger partial charge in [-0.15, -0.1) is 0 Å². The van der Waals surface area contributed by atoms with Gasteiger partial charge in [0.25, 0.3) is 5.91 Å². The molecule has 0 unspecified atom stereocenters. The van der Waals surface area contributed by atoms with E-state index in [-0.39, 0.29) is 5.91 Å². The second-order valence-corrected chi connectivity index (χ2v) is 6.19. The Morgan fingerprint density at radius 3 is 2.35 bits per heavy atom. The summed E-state index contributed by atoms with van der Waals surface area (Å²) in [5.74, 6) is 1.58. The van der Waals surface area contributed by atoms with Crippen molar-refractivity contribution in [2.24, 2.45) is 0 Å². The highest BCUT2D eigenvalue weighted by atomic mass is 16.5. The molecule has 0 atom stereocenters. The SMILES string of the molecule is COc1ccc(OC)c(NC(=O)c2cnc(N3CCCCCC3)nc2)c1. The van der Waals surface area contributed by atoms with Crippen molar-refractivity contribution >= 4 is 17.5 Å². The lowest BCUT2D eigenvalue weighted by atomic mass is 10.2. The molecular formula is C19H24N4O3. The van der Waals surface area contributed by atoms with E-state index in [2.05, 4.69) is 20.2 Å². The molecule has 138 valence electrons. The highest BCUT2D eigenvalue weighted by molar-refractivity contribution is 6.04. The van der Waals surface area contributed by atoms with E-state index in [4.69, 9.17) is 9.47 Å². The summed E-state index contributed by atoms with van der Waals surface area (Å²) in [7, 11) is 3.12. The van der Waals surface area contributed by atoms with E-state index < -0.39 is 0 Å². The number of rotatable bonds is 5. The smallest absolute Gasteiger partial charge is 0.258 e. The van der Waals surface area contributed by atoms with Crippen molar-refractivity contribution in [3.63, 3.8) is 0 Å². The van der Waals surface area contributed by atoms with Gasteiger partial charge in [0.15, 0.2) is 0 Å². The molecule has 1 fully saturated rings. The fraction of sp³-hybridized carbons (Fsp3) is 0.421. The minimum Gasteiger partial charge on any atom is -0.497 e. The number of nitrogens with zero attached hydrogens (tertiary/aromatic N) is 3. The van der Waals surface area contributed by atoms with E-state index in [0.717, 1.165) is 25.9 Å². The Morgan fingerprint density at radius 2 is 1.73 bits per heavy atom. The van der Waals surface area contributed by atoms with Crippen molar-refractivity contribution in [3.8, 4) is 11.5 Å². The highest BCUT2D eigenvalue weighted by Gasteiger charge is 2.15. The Kier molecular flexibility index (Phi) is 5.88. The molecule has 1 aliphatic rings. The van der Waals surface area contributed by atoms with Crippen LogP contribution in [0.2, 0.25) is 0 Å². The van der Waals surface area contributed by atoms with E-state index in [1.165, 1.54) is 12.8 Å². The van der Waals surface area contributed by atoms with Gasteiger partial charge in [-0.3, -0.25) is 4.79 Å². The highest BCUT2D eigenvalue weighted by Crippen LogP contribution is 2.29. The van der Waals surface area contributed by atoms with E-state index >= 15 is 0 Å². The number of anilines is 2. The van der Waals surface area contributed by atoms with Crippen molar-refractivity contribution in [2.45, 2.75) is 25.7 Å². The molecule has 2 aromatic rings. The Hall–Kier alpha value is -2.83. The van der Waals surface area contributed by atoms with Gasteiger partial charge in [-0.05, 0) is 25.0 Å². The van der Waals surface area contributed by atoms with Crippen molar-refractivity contribution in [3.05, 3.63) is 36.2 Å². The number of nitrogens with one attached hydrogen (secondary N) is 1. The third-order valence-electron chi connectivity index (χ3n) is 4.44. The summed E-state index contributed by atoms with van der Waals surface area (Å²) in [5.41, 5.74) is 0.932. The summed E-state index contributed by atoms with van der Waals surface area (Å²) in [5, 5.41) is 2.82. The normalized spacial score (nSPS) is 14.5. The van der Waals surface area contributed by atoms with Crippen LogP contribution in [0.1, 0.15) is 36.0 Å². The van der Waals surface area contributed by atoms with Gasteiger partial charge in [0.05, 0.1) is 25.5 Å². The zero-order valence-corrected chi connectivity index (χ0v) is 15.2. The minimum atomic E-state index is -0.293. The molecule has 3 rings (SSSR count). The van der Waals surface area contributed by atoms with E-state index in [1.807, 2.05) is 0 Å². The Bertz CT molecular complexity index is 741. The summed E-state index contributed by atoms with van der Waals surface area (Å²) in [6.45, 7) is 1.93. The molecule has 1 aliphatic heterocycles. The van der Waals surface area contributed by atoms with Crippen LogP contribution in [0.3, 0.4) is 0 Å². The van der Waals surface area contributed by atoms with Crippen LogP contribution in [-0.4, -0.2) is 43.2 Å². The van der Waals surface area contributed by atoms with Crippen molar-refractivity contribution in [1.29, 1.82) is 0 Å². The molecule has 2 heterocycles. The Balaban J connectivity index is 1.72. The minimum absolute atomic E-state index is 0.293. The molecule has 26 heavy (non-hydrogen) atoms. The monoisotopic (exact) mass is 356 g/mol. The number of aromatic nitrogens is 2. The number of benzene rings is 1. The number of hydrogen-bond donors (Lipinski definition) is 1. The first-order chi connectivity index (χ1) is 12.7. The average Bonchev–Trinajstić information content (AvgIpc) is 2.97. The largest absolute Gasteiger partial charge is 0.497 e. The van der Waals surface area contributed by atoms with Gasteiger partial charge in [0, 0.05) is 31.5 Å². The predicted molar refractivity (Wildman–Crippen MR) is 100 cm³/mol. The maximum atomic E-state index is 12.5. The fourth-order valence-corrected chi connectivity index (χ4v) is 2.98. The second kappa shape index (κ2) is 8.51. The molecule has 0 radical (unpaired) electrons. The Morgan fingerprint density at radius 1 is 1.04 bits per heavy atom. The van der Waals surface area contributed by atoms with Gasteiger partial charge in [-0.1, -0.05) is 12.8 Å². The predicted octanol–water partition coefficient (Wildman–Crippen LogP) is 3.13. The maximum absolute atomic E-state index is 12.5. The van der Waals surface area contributed by atoms with Gasteiger partial charge in [-0.25, -0.2) is 9.97 Å². The summed E-state index contributed by atoms with van der Waals surface area (Å²) in [4.78, 5) is 23.5. The third-order valence-corrected chi connectivity index (χ3v) is 4.44. The molecule has 7 heteroatoms. The molecule has 1 saturated heterocycles. The molecular weight excluding hydrogens is 332 g/mol. The zero-order valence-electron chi connectivity index (χ0n) is 15.2. The number of carbonyl (C=O) groups excluding carboxylic acids is 1. The number of ether oxygens (including phenoxy) is 2. The molecule has 1 N–H and O–H groups in total. The average molecular weight is 356 g/mol. The van der Waals surface area contributed by atoms with Crippen LogP contribution in [0.4, 0.5) is 11.6 Å². The van der Waals surface area contributed by atoms with Crippen LogP contribution in [0, 0.1) is 0 Å². The van der Waals surface area contributed by atoms with Crippen LogP contribution < -0.4 is 19.7 Å². The van der Waals surface area contributed by atoms with E-state index in [1.54, 1.807) is 44.8 Å². The van der Waals surface area contributed by atoms with Crippen molar-refractivity contribution in [1.82, 2.24) is 9.97 Å². The zero-order chi connectivity index (χ0) is 18.4. The van der Waals surface area contributed by atoms with Crippen LogP contribution >= 0.6 is 0 Å². The van der Waals surface area contributed by atoms with Gasteiger partial charge < -0.3 is 19.7 Å². The number of carbonyl (C=O) groups is 1. The molecule has 0 bridgehead atoms. The van der Waals surface area contributed by atoms with Gasteiger partial charge in [-0.2, -0.15) is 0 Å². The molecule has 1 amide bonds. The first-order valence-electron chi connectivity index (χ1n) is 8.81. The molecule has 0 aliphatic carbocycles. The van der Waals surface area contributed by atoms with Gasteiger partial charge >= 0.3 is 0 Å². The topological polar surface area (TPSA) is 76.6 Å². The number of hydrogen-bond acceptors (Lipinski definition) is 6. The molecule has 0 spiro atoms. The number of methoxy groups -OCH3 is 2. The summed E-state index contributed by atoms with van der Waals surface area (Å²) >= 11 is 0. The first kappa shape index (κ1) is 18.0. The molecule has 0 saturated carbocycles.